The van der Waals surface area contributed by atoms with Gasteiger partial charge >= 0.3 is 6.03 Å². The molecule has 2 aliphatic rings. The molecule has 2 saturated heterocycles. The highest BCUT2D eigenvalue weighted by Gasteiger charge is 2.23. The molecule has 25 heavy (non-hydrogen) atoms. The summed E-state index contributed by atoms with van der Waals surface area (Å²) in [4.78, 5) is 16.7. The number of ether oxygens (including phenoxy) is 2. The molecule has 6 nitrogen and oxygen atoms in total. The third-order valence-electron chi connectivity index (χ3n) is 5.02. The van der Waals surface area contributed by atoms with Crippen LogP contribution in [0.2, 0.25) is 0 Å². The lowest BCUT2D eigenvalue weighted by Crippen LogP contribution is -2.44. The number of hydrogen-bond acceptors (Lipinski definition) is 4. The summed E-state index contributed by atoms with van der Waals surface area (Å²) in [6.45, 7) is 6.24. The number of morpholine rings is 1. The highest BCUT2D eigenvalue weighted by Crippen LogP contribution is 2.16. The fraction of sp³-hybridized carbons (Fsp3) is 0.632. The quantitative estimate of drug-likeness (QED) is 0.887. The van der Waals surface area contributed by atoms with E-state index in [2.05, 4.69) is 22.3 Å². The van der Waals surface area contributed by atoms with E-state index < -0.39 is 0 Å². The Labute approximate surface area is 150 Å². The number of nitrogens with zero attached hydrogens (tertiary/aromatic N) is 2. The number of benzene rings is 1. The van der Waals surface area contributed by atoms with Crippen molar-refractivity contribution in [3.63, 3.8) is 0 Å². The molecule has 1 atom stereocenters. The molecule has 2 heterocycles. The molecule has 0 aromatic heterocycles. The van der Waals surface area contributed by atoms with E-state index >= 15 is 0 Å². The first-order valence-electron chi connectivity index (χ1n) is 9.22. The smallest absolute Gasteiger partial charge is 0.321 e. The van der Waals surface area contributed by atoms with Crippen molar-refractivity contribution in [3.05, 3.63) is 29.8 Å². The van der Waals surface area contributed by atoms with Gasteiger partial charge < -0.3 is 19.7 Å². The van der Waals surface area contributed by atoms with Crippen LogP contribution >= 0.6 is 0 Å². The van der Waals surface area contributed by atoms with Gasteiger partial charge in [-0.1, -0.05) is 12.1 Å². The molecule has 1 aromatic carbocycles. The van der Waals surface area contributed by atoms with Gasteiger partial charge in [0.1, 0.15) is 0 Å². The number of anilines is 1. The number of amides is 2. The SMILES string of the molecule is CO[C@H]1CCCN(C(=O)Nc2ccc(CCN3CCOCC3)cc2)C1. The maximum atomic E-state index is 12.4. The fourth-order valence-corrected chi connectivity index (χ4v) is 3.38. The molecule has 6 heteroatoms. The van der Waals surface area contributed by atoms with E-state index in [1.165, 1.54) is 5.56 Å². The van der Waals surface area contributed by atoms with E-state index in [4.69, 9.17) is 9.47 Å². The molecule has 0 unspecified atom stereocenters. The molecule has 2 aliphatic heterocycles. The van der Waals surface area contributed by atoms with Crippen LogP contribution in [0.3, 0.4) is 0 Å². The van der Waals surface area contributed by atoms with Crippen molar-refractivity contribution >= 4 is 11.7 Å². The van der Waals surface area contributed by atoms with Crippen LogP contribution in [-0.4, -0.2) is 75.0 Å². The summed E-state index contributed by atoms with van der Waals surface area (Å²) < 4.78 is 10.8. The maximum absolute atomic E-state index is 12.4. The first-order valence-corrected chi connectivity index (χ1v) is 9.22. The van der Waals surface area contributed by atoms with Crippen LogP contribution in [0.5, 0.6) is 0 Å². The molecule has 0 radical (unpaired) electrons. The first kappa shape index (κ1) is 18.2. The average Bonchev–Trinajstić information content (AvgIpc) is 2.68. The Bertz CT molecular complexity index is 543. The molecular formula is C19H29N3O3. The maximum Gasteiger partial charge on any atom is 0.321 e. The molecule has 0 aliphatic carbocycles. The van der Waals surface area contributed by atoms with E-state index in [1.807, 2.05) is 17.0 Å². The van der Waals surface area contributed by atoms with E-state index in [0.717, 1.165) is 64.3 Å². The lowest BCUT2D eigenvalue weighted by atomic mass is 10.1. The van der Waals surface area contributed by atoms with E-state index in [9.17, 15) is 4.79 Å². The Balaban J connectivity index is 1.46. The van der Waals surface area contributed by atoms with E-state index in [-0.39, 0.29) is 12.1 Å². The van der Waals surface area contributed by atoms with Gasteiger partial charge in [0.25, 0.3) is 0 Å². The molecular weight excluding hydrogens is 318 g/mol. The Morgan fingerprint density at radius 2 is 2.00 bits per heavy atom. The zero-order chi connectivity index (χ0) is 17.5. The van der Waals surface area contributed by atoms with Gasteiger partial charge in [0, 0.05) is 45.5 Å². The number of rotatable bonds is 5. The van der Waals surface area contributed by atoms with Crippen LogP contribution in [0.4, 0.5) is 10.5 Å². The highest BCUT2D eigenvalue weighted by molar-refractivity contribution is 5.89. The Morgan fingerprint density at radius 3 is 2.72 bits per heavy atom. The number of piperidine rings is 1. The van der Waals surface area contributed by atoms with Crippen LogP contribution in [0.25, 0.3) is 0 Å². The minimum absolute atomic E-state index is 0.0391. The lowest BCUT2D eigenvalue weighted by Gasteiger charge is -2.31. The van der Waals surface area contributed by atoms with Crippen LogP contribution in [-0.2, 0) is 15.9 Å². The lowest BCUT2D eigenvalue weighted by molar-refractivity contribution is 0.0384. The molecule has 1 aromatic rings. The van der Waals surface area contributed by atoms with E-state index in [0.29, 0.717) is 6.54 Å². The number of likely N-dealkylation sites (tertiary alicyclic amines) is 1. The summed E-state index contributed by atoms with van der Waals surface area (Å²) in [6, 6.07) is 8.14. The van der Waals surface area contributed by atoms with Crippen LogP contribution < -0.4 is 5.32 Å². The van der Waals surface area contributed by atoms with Gasteiger partial charge in [0.15, 0.2) is 0 Å². The van der Waals surface area contributed by atoms with Crippen LogP contribution in [0.15, 0.2) is 24.3 Å². The highest BCUT2D eigenvalue weighted by atomic mass is 16.5. The van der Waals surface area contributed by atoms with Crippen molar-refractivity contribution < 1.29 is 14.3 Å². The number of urea groups is 1. The van der Waals surface area contributed by atoms with E-state index in [1.54, 1.807) is 7.11 Å². The zero-order valence-electron chi connectivity index (χ0n) is 15.1. The van der Waals surface area contributed by atoms with Gasteiger partial charge in [0.2, 0.25) is 0 Å². The second-order valence-corrected chi connectivity index (χ2v) is 6.78. The van der Waals surface area contributed by atoms with Gasteiger partial charge in [-0.05, 0) is 37.0 Å². The molecule has 2 amide bonds. The largest absolute Gasteiger partial charge is 0.380 e. The minimum Gasteiger partial charge on any atom is -0.380 e. The third-order valence-corrected chi connectivity index (χ3v) is 5.02. The normalized spacial score (nSPS) is 22.0. The summed E-state index contributed by atoms with van der Waals surface area (Å²) >= 11 is 0. The van der Waals surface area contributed by atoms with Gasteiger partial charge in [-0.2, -0.15) is 0 Å². The molecule has 0 saturated carbocycles. The molecule has 2 fully saturated rings. The summed E-state index contributed by atoms with van der Waals surface area (Å²) in [7, 11) is 1.71. The van der Waals surface area contributed by atoms with Crippen molar-refractivity contribution in [2.24, 2.45) is 0 Å². The second-order valence-electron chi connectivity index (χ2n) is 6.78. The van der Waals surface area contributed by atoms with Crippen molar-refractivity contribution in [2.75, 3.05) is 58.4 Å². The van der Waals surface area contributed by atoms with Crippen LogP contribution in [0.1, 0.15) is 18.4 Å². The fourth-order valence-electron chi connectivity index (χ4n) is 3.38. The number of hydrogen-bond donors (Lipinski definition) is 1. The van der Waals surface area contributed by atoms with Crippen molar-refractivity contribution in [1.82, 2.24) is 9.80 Å². The molecule has 3 rings (SSSR count). The first-order chi connectivity index (χ1) is 12.2. The zero-order valence-corrected chi connectivity index (χ0v) is 15.1. The van der Waals surface area contributed by atoms with Gasteiger partial charge in [-0.3, -0.25) is 4.90 Å². The Hall–Kier alpha value is -1.63. The predicted octanol–water partition coefficient (Wildman–Crippen LogP) is 2.20. The topological polar surface area (TPSA) is 54.0 Å². The summed E-state index contributed by atoms with van der Waals surface area (Å²) in [5, 5.41) is 2.99. The summed E-state index contributed by atoms with van der Waals surface area (Å²) in [5.74, 6) is 0. The number of carbonyl (C=O) groups excluding carboxylic acids is 1. The summed E-state index contributed by atoms with van der Waals surface area (Å²) in [5.41, 5.74) is 2.14. The minimum atomic E-state index is -0.0391. The Morgan fingerprint density at radius 1 is 1.24 bits per heavy atom. The number of carbonyl (C=O) groups is 1. The third kappa shape index (κ3) is 5.42. The standard InChI is InChI=1S/C19H29N3O3/c1-24-18-3-2-9-22(15-18)19(23)20-17-6-4-16(5-7-17)8-10-21-11-13-25-14-12-21/h4-7,18H,2-3,8-15H2,1H3,(H,20,23)/t18-/m0/s1. The molecule has 0 spiro atoms. The van der Waals surface area contributed by atoms with Gasteiger partial charge in [0.05, 0.1) is 19.3 Å². The summed E-state index contributed by atoms with van der Waals surface area (Å²) in [6.07, 6.45) is 3.20. The molecule has 138 valence electrons. The molecule has 1 N–H and O–H groups in total. The average molecular weight is 347 g/mol. The van der Waals surface area contributed by atoms with Crippen molar-refractivity contribution in [3.8, 4) is 0 Å². The predicted molar refractivity (Wildman–Crippen MR) is 98.0 cm³/mol. The monoisotopic (exact) mass is 347 g/mol. The second kappa shape index (κ2) is 9.17. The van der Waals surface area contributed by atoms with Gasteiger partial charge in [-0.25, -0.2) is 4.79 Å². The number of methoxy groups -OCH3 is 1. The number of nitrogens with one attached hydrogen (secondary N) is 1. The van der Waals surface area contributed by atoms with Gasteiger partial charge in [-0.15, -0.1) is 0 Å². The Kier molecular flexibility index (Phi) is 6.67. The molecule has 0 bridgehead atoms. The van der Waals surface area contributed by atoms with Crippen molar-refractivity contribution in [1.29, 1.82) is 0 Å². The van der Waals surface area contributed by atoms with Crippen molar-refractivity contribution in [2.45, 2.75) is 25.4 Å². The van der Waals surface area contributed by atoms with Crippen LogP contribution in [0, 0.1) is 0 Å².